The Morgan fingerprint density at radius 1 is 1.24 bits per heavy atom. The molecule has 0 radical (unpaired) electrons. The van der Waals surface area contributed by atoms with Crippen LogP contribution in [0.2, 0.25) is 0 Å². The summed E-state index contributed by atoms with van der Waals surface area (Å²) in [5.74, 6) is -1.17. The molecule has 3 nitrogen and oxygen atoms in total. The summed E-state index contributed by atoms with van der Waals surface area (Å²) in [6.45, 7) is 0.676. The van der Waals surface area contributed by atoms with Crippen LogP contribution in [0.1, 0.15) is 32.1 Å². The van der Waals surface area contributed by atoms with Crippen molar-refractivity contribution in [2.75, 3.05) is 17.6 Å². The normalized spacial score (nSPS) is 17.1. The molecule has 1 heterocycles. The molecule has 0 amide bonds. The number of halogens is 2. The zero-order chi connectivity index (χ0) is 12.3. The van der Waals surface area contributed by atoms with Gasteiger partial charge in [0.25, 0.3) is 0 Å². The number of nitrogen functional groups attached to an aromatic ring is 1. The molecule has 5 heteroatoms. The zero-order valence-electron chi connectivity index (χ0n) is 9.68. The van der Waals surface area contributed by atoms with Crippen LogP contribution >= 0.6 is 0 Å². The summed E-state index contributed by atoms with van der Waals surface area (Å²) in [5, 5.41) is 2.92. The molecule has 3 N–H and O–H groups in total. The number of nitrogens with zero attached hydrogens (tertiary/aromatic N) is 1. The largest absolute Gasteiger partial charge is 0.381 e. The maximum absolute atomic E-state index is 13.4. The van der Waals surface area contributed by atoms with Crippen LogP contribution in [-0.2, 0) is 0 Å². The molecule has 17 heavy (non-hydrogen) atoms. The molecule has 0 aliphatic heterocycles. The van der Waals surface area contributed by atoms with Gasteiger partial charge in [0.1, 0.15) is 0 Å². The van der Waals surface area contributed by atoms with Crippen LogP contribution in [0, 0.1) is 17.6 Å². The summed E-state index contributed by atoms with van der Waals surface area (Å²) in [7, 11) is 0. The molecule has 2 rings (SSSR count). The Kier molecular flexibility index (Phi) is 3.76. The van der Waals surface area contributed by atoms with Crippen molar-refractivity contribution in [2.45, 2.75) is 32.1 Å². The maximum atomic E-state index is 13.4. The predicted octanol–water partition coefficient (Wildman–Crippen LogP) is 2.93. The summed E-state index contributed by atoms with van der Waals surface area (Å²) >= 11 is 0. The van der Waals surface area contributed by atoms with E-state index < -0.39 is 11.6 Å². The first-order chi connectivity index (χ1) is 8.16. The molecule has 0 atom stereocenters. The van der Waals surface area contributed by atoms with Crippen LogP contribution < -0.4 is 11.1 Å². The Morgan fingerprint density at radius 3 is 2.65 bits per heavy atom. The van der Waals surface area contributed by atoms with Crippen LogP contribution in [0.25, 0.3) is 0 Å². The lowest BCUT2D eigenvalue weighted by molar-refractivity contribution is 0.373. The first-order valence-corrected chi connectivity index (χ1v) is 6.02. The Morgan fingerprint density at radius 2 is 1.94 bits per heavy atom. The number of anilines is 2. The van der Waals surface area contributed by atoms with Gasteiger partial charge in [0, 0.05) is 12.6 Å². The van der Waals surface area contributed by atoms with Crippen LogP contribution in [0.15, 0.2) is 6.07 Å². The van der Waals surface area contributed by atoms with Crippen molar-refractivity contribution < 1.29 is 8.78 Å². The molecular weight excluding hydrogens is 224 g/mol. The third kappa shape index (κ3) is 3.05. The van der Waals surface area contributed by atoms with Crippen LogP contribution in [0.3, 0.4) is 0 Å². The van der Waals surface area contributed by atoms with E-state index in [4.69, 9.17) is 5.73 Å². The molecule has 0 spiro atoms. The first kappa shape index (κ1) is 12.1. The number of pyridine rings is 1. The van der Waals surface area contributed by atoms with E-state index in [1.807, 2.05) is 0 Å². The summed E-state index contributed by atoms with van der Waals surface area (Å²) < 4.78 is 26.3. The fraction of sp³-hybridized carbons (Fsp3) is 0.583. The van der Waals surface area contributed by atoms with E-state index in [1.165, 1.54) is 19.3 Å². The van der Waals surface area contributed by atoms with Crippen molar-refractivity contribution in [1.82, 2.24) is 4.98 Å². The third-order valence-corrected chi connectivity index (χ3v) is 3.24. The third-order valence-electron chi connectivity index (χ3n) is 3.24. The van der Waals surface area contributed by atoms with Gasteiger partial charge < -0.3 is 11.1 Å². The molecule has 94 valence electrons. The zero-order valence-corrected chi connectivity index (χ0v) is 9.68. The van der Waals surface area contributed by atoms with Crippen molar-refractivity contribution in [3.63, 3.8) is 0 Å². The van der Waals surface area contributed by atoms with Crippen molar-refractivity contribution in [1.29, 1.82) is 0 Å². The number of rotatable bonds is 3. The van der Waals surface area contributed by atoms with Gasteiger partial charge in [-0.15, -0.1) is 0 Å². The minimum Gasteiger partial charge on any atom is -0.381 e. The molecular formula is C12H17F2N3. The van der Waals surface area contributed by atoms with Gasteiger partial charge in [-0.2, -0.15) is 0 Å². The number of nitrogens with two attached hydrogens (primary N) is 1. The van der Waals surface area contributed by atoms with Crippen LogP contribution in [-0.4, -0.2) is 11.5 Å². The Labute approximate surface area is 99.4 Å². The summed E-state index contributed by atoms with van der Waals surface area (Å²) in [4.78, 5) is 3.67. The van der Waals surface area contributed by atoms with E-state index >= 15 is 0 Å². The second-order valence-corrected chi connectivity index (χ2v) is 4.57. The summed E-state index contributed by atoms with van der Waals surface area (Å²) in [6.07, 6.45) is 6.06. The van der Waals surface area contributed by atoms with Gasteiger partial charge in [0.15, 0.2) is 23.3 Å². The second-order valence-electron chi connectivity index (χ2n) is 4.57. The highest BCUT2D eigenvalue weighted by Crippen LogP contribution is 2.24. The highest BCUT2D eigenvalue weighted by Gasteiger charge is 2.15. The number of aromatic nitrogens is 1. The molecule has 1 fully saturated rings. The van der Waals surface area contributed by atoms with Crippen molar-refractivity contribution in [3.8, 4) is 0 Å². The Bertz CT molecular complexity index is 390. The monoisotopic (exact) mass is 241 g/mol. The first-order valence-electron chi connectivity index (χ1n) is 6.02. The van der Waals surface area contributed by atoms with Crippen molar-refractivity contribution in [3.05, 3.63) is 17.7 Å². The summed E-state index contributed by atoms with van der Waals surface area (Å²) in [5.41, 5.74) is 5.31. The fourth-order valence-electron chi connectivity index (χ4n) is 2.24. The van der Waals surface area contributed by atoms with Gasteiger partial charge in [-0.05, 0) is 18.8 Å². The molecule has 1 aliphatic carbocycles. The van der Waals surface area contributed by atoms with Gasteiger partial charge in [0.2, 0.25) is 0 Å². The standard InChI is InChI=1S/C12H17F2N3/c13-9-6-10(14)12(17-11(9)15)16-7-8-4-2-1-3-5-8/h6,8H,1-5,7H2,(H3,15,16,17). The number of hydrogen-bond acceptors (Lipinski definition) is 3. The number of hydrogen-bond donors (Lipinski definition) is 2. The maximum Gasteiger partial charge on any atom is 0.168 e. The van der Waals surface area contributed by atoms with Gasteiger partial charge >= 0.3 is 0 Å². The molecule has 1 saturated carbocycles. The van der Waals surface area contributed by atoms with E-state index in [0.29, 0.717) is 12.5 Å². The minimum atomic E-state index is -0.814. The van der Waals surface area contributed by atoms with E-state index in [-0.39, 0.29) is 11.6 Å². The Balaban J connectivity index is 1.96. The van der Waals surface area contributed by atoms with Crippen molar-refractivity contribution >= 4 is 11.6 Å². The second kappa shape index (κ2) is 5.29. The lowest BCUT2D eigenvalue weighted by Crippen LogP contribution is -2.18. The average molecular weight is 241 g/mol. The lowest BCUT2D eigenvalue weighted by Gasteiger charge is -2.22. The van der Waals surface area contributed by atoms with E-state index in [9.17, 15) is 8.78 Å². The molecule has 1 aromatic heterocycles. The predicted molar refractivity (Wildman–Crippen MR) is 63.6 cm³/mol. The Hall–Kier alpha value is -1.39. The lowest BCUT2D eigenvalue weighted by atomic mass is 9.89. The average Bonchev–Trinajstić information content (AvgIpc) is 2.33. The highest BCUT2D eigenvalue weighted by molar-refractivity contribution is 5.44. The number of nitrogens with one attached hydrogen (secondary N) is 1. The fourth-order valence-corrected chi connectivity index (χ4v) is 2.24. The minimum absolute atomic E-state index is 0.0504. The van der Waals surface area contributed by atoms with Crippen LogP contribution in [0.5, 0.6) is 0 Å². The van der Waals surface area contributed by atoms with Gasteiger partial charge in [0.05, 0.1) is 0 Å². The molecule has 0 bridgehead atoms. The quantitative estimate of drug-likeness (QED) is 0.855. The topological polar surface area (TPSA) is 50.9 Å². The smallest absolute Gasteiger partial charge is 0.168 e. The highest BCUT2D eigenvalue weighted by atomic mass is 19.1. The van der Waals surface area contributed by atoms with E-state index in [2.05, 4.69) is 10.3 Å². The molecule has 1 aromatic rings. The summed E-state index contributed by atoms with van der Waals surface area (Å²) in [6, 6.07) is 0.769. The SMILES string of the molecule is Nc1nc(NCC2CCCCC2)c(F)cc1F. The van der Waals surface area contributed by atoms with Gasteiger partial charge in [-0.3, -0.25) is 0 Å². The van der Waals surface area contributed by atoms with Crippen LogP contribution in [0.4, 0.5) is 20.4 Å². The van der Waals surface area contributed by atoms with Gasteiger partial charge in [-0.25, -0.2) is 13.8 Å². The molecule has 0 aromatic carbocycles. The van der Waals surface area contributed by atoms with Gasteiger partial charge in [-0.1, -0.05) is 19.3 Å². The molecule has 1 aliphatic rings. The molecule has 0 unspecified atom stereocenters. The van der Waals surface area contributed by atoms with Crippen molar-refractivity contribution in [2.24, 2.45) is 5.92 Å². The van der Waals surface area contributed by atoms with E-state index in [1.54, 1.807) is 0 Å². The molecule has 0 saturated heterocycles. The van der Waals surface area contributed by atoms with E-state index in [0.717, 1.165) is 18.9 Å².